The normalized spacial score (nSPS) is 21.7. The number of likely N-dealkylation sites (N-methyl/N-ethyl adjacent to an activating group) is 1. The van der Waals surface area contributed by atoms with Crippen LogP contribution in [0.15, 0.2) is 0 Å². The van der Waals surface area contributed by atoms with E-state index in [2.05, 4.69) is 18.7 Å². The van der Waals surface area contributed by atoms with E-state index in [1.54, 1.807) is 0 Å². The maximum atomic E-state index is 11.5. The third kappa shape index (κ3) is 3.47. The fourth-order valence-electron chi connectivity index (χ4n) is 1.99. The topological polar surface area (TPSA) is 49.6 Å². The van der Waals surface area contributed by atoms with Gasteiger partial charge in [-0.15, -0.1) is 0 Å². The summed E-state index contributed by atoms with van der Waals surface area (Å²) in [5, 5.41) is 0. The molecule has 1 heterocycles. The molecule has 1 atom stereocenters. The van der Waals surface area contributed by atoms with Crippen molar-refractivity contribution in [2.24, 2.45) is 5.73 Å². The summed E-state index contributed by atoms with van der Waals surface area (Å²) in [6.45, 7) is 9.16. The van der Waals surface area contributed by atoms with Crippen molar-refractivity contribution in [2.45, 2.75) is 32.7 Å². The number of carbonyl (C=O) groups excluding carboxylic acids is 1. The lowest BCUT2D eigenvalue weighted by Crippen LogP contribution is -2.39. The zero-order chi connectivity index (χ0) is 11.3. The second-order valence-corrected chi connectivity index (χ2v) is 4.15. The molecular weight excluding hydrogens is 190 g/mol. The van der Waals surface area contributed by atoms with Gasteiger partial charge in [0, 0.05) is 19.6 Å². The first-order valence-corrected chi connectivity index (χ1v) is 5.95. The molecule has 1 aliphatic rings. The van der Waals surface area contributed by atoms with Gasteiger partial charge in [-0.1, -0.05) is 13.8 Å². The van der Waals surface area contributed by atoms with Crippen molar-refractivity contribution in [2.75, 3.05) is 32.7 Å². The van der Waals surface area contributed by atoms with Gasteiger partial charge in [-0.25, -0.2) is 0 Å². The summed E-state index contributed by atoms with van der Waals surface area (Å²) in [6.07, 6.45) is 1.99. The molecule has 0 saturated carbocycles. The van der Waals surface area contributed by atoms with Crippen molar-refractivity contribution in [3.63, 3.8) is 0 Å². The van der Waals surface area contributed by atoms with E-state index < -0.39 is 0 Å². The van der Waals surface area contributed by atoms with E-state index in [-0.39, 0.29) is 11.9 Å². The molecule has 15 heavy (non-hydrogen) atoms. The van der Waals surface area contributed by atoms with Crippen LogP contribution in [0.2, 0.25) is 0 Å². The van der Waals surface area contributed by atoms with Gasteiger partial charge >= 0.3 is 0 Å². The van der Waals surface area contributed by atoms with Crippen LogP contribution in [0.5, 0.6) is 0 Å². The van der Waals surface area contributed by atoms with E-state index in [1.807, 2.05) is 4.90 Å². The zero-order valence-corrected chi connectivity index (χ0v) is 9.91. The summed E-state index contributed by atoms with van der Waals surface area (Å²) in [4.78, 5) is 15.8. The molecule has 88 valence electrons. The lowest BCUT2D eigenvalue weighted by Gasteiger charge is -2.23. The Labute approximate surface area is 92.4 Å². The molecular formula is C11H23N3O. The second kappa shape index (κ2) is 6.08. The van der Waals surface area contributed by atoms with Crippen LogP contribution in [-0.2, 0) is 4.79 Å². The van der Waals surface area contributed by atoms with Crippen LogP contribution < -0.4 is 5.73 Å². The quantitative estimate of drug-likeness (QED) is 0.689. The van der Waals surface area contributed by atoms with E-state index in [1.165, 1.54) is 6.42 Å². The molecule has 1 unspecified atom stereocenters. The van der Waals surface area contributed by atoms with Crippen molar-refractivity contribution in [1.29, 1.82) is 0 Å². The Morgan fingerprint density at radius 1 is 1.47 bits per heavy atom. The molecule has 4 nitrogen and oxygen atoms in total. The molecule has 0 aromatic heterocycles. The standard InChI is InChI=1S/C11H23N3O/c1-3-6-13(4-2)8-9-14-7-5-10(12)11(14)15/h10H,3-9,12H2,1-2H3. The molecule has 1 aliphatic heterocycles. The molecule has 0 aromatic carbocycles. The molecule has 2 N–H and O–H groups in total. The summed E-state index contributed by atoms with van der Waals surface area (Å²) in [7, 11) is 0. The maximum absolute atomic E-state index is 11.5. The number of rotatable bonds is 6. The first kappa shape index (κ1) is 12.5. The van der Waals surface area contributed by atoms with Crippen molar-refractivity contribution in [3.05, 3.63) is 0 Å². The largest absolute Gasteiger partial charge is 0.340 e. The molecule has 0 bridgehead atoms. The highest BCUT2D eigenvalue weighted by molar-refractivity contribution is 5.83. The summed E-state index contributed by atoms with van der Waals surface area (Å²) < 4.78 is 0. The predicted molar refractivity (Wildman–Crippen MR) is 61.6 cm³/mol. The van der Waals surface area contributed by atoms with E-state index in [0.717, 1.165) is 39.1 Å². The minimum absolute atomic E-state index is 0.127. The molecule has 0 spiro atoms. The second-order valence-electron chi connectivity index (χ2n) is 4.15. The first-order valence-electron chi connectivity index (χ1n) is 5.95. The number of hydrogen-bond acceptors (Lipinski definition) is 3. The van der Waals surface area contributed by atoms with Gasteiger partial charge in [0.1, 0.15) is 0 Å². The van der Waals surface area contributed by atoms with Gasteiger partial charge < -0.3 is 15.5 Å². The lowest BCUT2D eigenvalue weighted by molar-refractivity contribution is -0.128. The summed E-state index contributed by atoms with van der Waals surface area (Å²) in [6, 6.07) is -0.244. The molecule has 0 radical (unpaired) electrons. The summed E-state index contributed by atoms with van der Waals surface area (Å²) in [5.41, 5.74) is 5.66. The van der Waals surface area contributed by atoms with Crippen LogP contribution >= 0.6 is 0 Å². The minimum atomic E-state index is -0.244. The summed E-state index contributed by atoms with van der Waals surface area (Å²) in [5.74, 6) is 0.127. The first-order chi connectivity index (χ1) is 7.19. The van der Waals surface area contributed by atoms with Crippen LogP contribution in [0.4, 0.5) is 0 Å². The molecule has 1 fully saturated rings. The molecule has 4 heteroatoms. The number of nitrogens with two attached hydrogens (primary N) is 1. The number of likely N-dealkylation sites (tertiary alicyclic amines) is 1. The number of nitrogens with zero attached hydrogens (tertiary/aromatic N) is 2. The molecule has 0 aliphatic carbocycles. The Kier molecular flexibility index (Phi) is 5.05. The van der Waals surface area contributed by atoms with Gasteiger partial charge in [0.2, 0.25) is 5.91 Å². The Morgan fingerprint density at radius 2 is 2.20 bits per heavy atom. The van der Waals surface area contributed by atoms with E-state index in [4.69, 9.17) is 5.73 Å². The van der Waals surface area contributed by atoms with Gasteiger partial charge in [0.15, 0.2) is 0 Å². The smallest absolute Gasteiger partial charge is 0.239 e. The Hall–Kier alpha value is -0.610. The fourth-order valence-corrected chi connectivity index (χ4v) is 1.99. The van der Waals surface area contributed by atoms with Crippen LogP contribution in [0.25, 0.3) is 0 Å². The Bertz CT molecular complexity index is 208. The maximum Gasteiger partial charge on any atom is 0.239 e. The number of amides is 1. The van der Waals surface area contributed by atoms with Gasteiger partial charge in [-0.2, -0.15) is 0 Å². The predicted octanol–water partition coefficient (Wildman–Crippen LogP) is 0.278. The van der Waals surface area contributed by atoms with Crippen molar-refractivity contribution < 1.29 is 4.79 Å². The van der Waals surface area contributed by atoms with Crippen LogP contribution in [0.3, 0.4) is 0 Å². The molecule has 1 amide bonds. The average molecular weight is 213 g/mol. The van der Waals surface area contributed by atoms with Crippen LogP contribution in [0.1, 0.15) is 26.7 Å². The summed E-state index contributed by atoms with van der Waals surface area (Å²) >= 11 is 0. The number of carbonyl (C=O) groups is 1. The van der Waals surface area contributed by atoms with Crippen LogP contribution in [0, 0.1) is 0 Å². The van der Waals surface area contributed by atoms with E-state index in [0.29, 0.717) is 0 Å². The van der Waals surface area contributed by atoms with Crippen LogP contribution in [-0.4, -0.2) is 54.5 Å². The third-order valence-electron chi connectivity index (χ3n) is 3.01. The van der Waals surface area contributed by atoms with E-state index in [9.17, 15) is 4.79 Å². The fraction of sp³-hybridized carbons (Fsp3) is 0.909. The highest BCUT2D eigenvalue weighted by Gasteiger charge is 2.27. The SMILES string of the molecule is CCCN(CC)CCN1CCC(N)C1=O. The van der Waals surface area contributed by atoms with Crippen molar-refractivity contribution >= 4 is 5.91 Å². The van der Waals surface area contributed by atoms with Gasteiger partial charge in [-0.3, -0.25) is 4.79 Å². The number of hydrogen-bond donors (Lipinski definition) is 1. The molecule has 1 saturated heterocycles. The van der Waals surface area contributed by atoms with Crippen molar-refractivity contribution in [1.82, 2.24) is 9.80 Å². The average Bonchev–Trinajstić information content (AvgIpc) is 2.55. The van der Waals surface area contributed by atoms with Gasteiger partial charge in [0.25, 0.3) is 0 Å². The van der Waals surface area contributed by atoms with Gasteiger partial charge in [-0.05, 0) is 25.9 Å². The molecule has 0 aromatic rings. The van der Waals surface area contributed by atoms with E-state index >= 15 is 0 Å². The van der Waals surface area contributed by atoms with Crippen molar-refractivity contribution in [3.8, 4) is 0 Å². The minimum Gasteiger partial charge on any atom is -0.340 e. The Balaban J connectivity index is 2.27. The monoisotopic (exact) mass is 213 g/mol. The highest BCUT2D eigenvalue weighted by Crippen LogP contribution is 2.08. The van der Waals surface area contributed by atoms with Gasteiger partial charge in [0.05, 0.1) is 6.04 Å². The third-order valence-corrected chi connectivity index (χ3v) is 3.01. The lowest BCUT2D eigenvalue weighted by atomic mass is 10.3. The highest BCUT2D eigenvalue weighted by atomic mass is 16.2. The Morgan fingerprint density at radius 3 is 2.67 bits per heavy atom. The zero-order valence-electron chi connectivity index (χ0n) is 9.91. The molecule has 1 rings (SSSR count).